The third kappa shape index (κ3) is 4.75. The quantitative estimate of drug-likeness (QED) is 0.665. The van der Waals surface area contributed by atoms with E-state index >= 15 is 0 Å². The van der Waals surface area contributed by atoms with Crippen LogP contribution in [0.3, 0.4) is 0 Å². The van der Waals surface area contributed by atoms with Crippen LogP contribution in [-0.4, -0.2) is 17.6 Å². The fourth-order valence-corrected chi connectivity index (χ4v) is 2.32. The van der Waals surface area contributed by atoms with Gasteiger partial charge in [-0.3, -0.25) is 20.4 Å². The summed E-state index contributed by atoms with van der Waals surface area (Å²) < 4.78 is 39.1. The van der Waals surface area contributed by atoms with E-state index in [2.05, 4.69) is 10.9 Å². The molecule has 0 bridgehead atoms. The lowest BCUT2D eigenvalue weighted by Crippen LogP contribution is -2.42. The van der Waals surface area contributed by atoms with Gasteiger partial charge in [-0.2, -0.15) is 0 Å². The van der Waals surface area contributed by atoms with Crippen molar-refractivity contribution >= 4 is 23.6 Å². The molecule has 0 spiro atoms. The van der Waals surface area contributed by atoms with Crippen LogP contribution in [0.25, 0.3) is 0 Å². The van der Waals surface area contributed by atoms with Crippen molar-refractivity contribution < 1.29 is 22.8 Å². The van der Waals surface area contributed by atoms with Crippen molar-refractivity contribution in [2.75, 3.05) is 5.75 Å². The van der Waals surface area contributed by atoms with Gasteiger partial charge in [-0.05, 0) is 30.3 Å². The van der Waals surface area contributed by atoms with Crippen molar-refractivity contribution in [3.8, 4) is 0 Å². The summed E-state index contributed by atoms with van der Waals surface area (Å²) in [4.78, 5) is 23.5. The van der Waals surface area contributed by atoms with Crippen LogP contribution in [0.2, 0.25) is 0 Å². The molecule has 0 fully saturated rings. The normalized spacial score (nSPS) is 10.2. The van der Waals surface area contributed by atoms with Crippen molar-refractivity contribution in [1.29, 1.82) is 0 Å². The molecule has 0 aliphatic heterocycles. The van der Waals surface area contributed by atoms with E-state index in [4.69, 9.17) is 0 Å². The number of benzene rings is 2. The summed E-state index contributed by atoms with van der Waals surface area (Å²) in [5.41, 5.74) is 4.02. The highest BCUT2D eigenvalue weighted by Crippen LogP contribution is 2.20. The van der Waals surface area contributed by atoms with Crippen LogP contribution in [0.5, 0.6) is 0 Å². The van der Waals surface area contributed by atoms with Crippen molar-refractivity contribution in [1.82, 2.24) is 10.9 Å². The molecule has 2 aromatic carbocycles. The first kappa shape index (κ1) is 16.9. The SMILES string of the molecule is O=C(CSc1ccccc1F)NNC(=O)c1ccc(F)c(F)c1. The second kappa shape index (κ2) is 7.68. The molecule has 0 unspecified atom stereocenters. The molecule has 2 N–H and O–H groups in total. The zero-order valence-electron chi connectivity index (χ0n) is 11.6. The fourth-order valence-electron chi connectivity index (χ4n) is 1.58. The molecule has 4 nitrogen and oxygen atoms in total. The molecular weight excluding hydrogens is 329 g/mol. The Morgan fingerprint density at radius 2 is 1.65 bits per heavy atom. The van der Waals surface area contributed by atoms with E-state index in [1.54, 1.807) is 6.07 Å². The van der Waals surface area contributed by atoms with Gasteiger partial charge in [0.05, 0.1) is 5.75 Å². The third-order valence-corrected chi connectivity index (χ3v) is 3.74. The van der Waals surface area contributed by atoms with E-state index in [0.717, 1.165) is 23.9 Å². The Kier molecular flexibility index (Phi) is 5.64. The molecule has 0 heterocycles. The number of hydrogen-bond acceptors (Lipinski definition) is 3. The largest absolute Gasteiger partial charge is 0.272 e. The summed E-state index contributed by atoms with van der Waals surface area (Å²) in [7, 11) is 0. The van der Waals surface area contributed by atoms with Crippen molar-refractivity contribution in [3.05, 3.63) is 65.5 Å². The van der Waals surface area contributed by atoms with Gasteiger partial charge >= 0.3 is 0 Å². The van der Waals surface area contributed by atoms with E-state index in [1.165, 1.54) is 18.2 Å². The number of nitrogens with one attached hydrogen (secondary N) is 2. The molecule has 0 radical (unpaired) electrons. The molecule has 2 aromatic rings. The Hall–Kier alpha value is -2.48. The van der Waals surface area contributed by atoms with Crippen LogP contribution >= 0.6 is 11.8 Å². The zero-order valence-corrected chi connectivity index (χ0v) is 12.4. The molecule has 0 aliphatic rings. The van der Waals surface area contributed by atoms with Gasteiger partial charge in [-0.1, -0.05) is 12.1 Å². The average molecular weight is 340 g/mol. The number of hydrazine groups is 1. The molecule has 2 rings (SSSR count). The second-order valence-corrected chi connectivity index (χ2v) is 5.37. The minimum absolute atomic E-state index is 0.126. The monoisotopic (exact) mass is 340 g/mol. The summed E-state index contributed by atoms with van der Waals surface area (Å²) in [6.45, 7) is 0. The van der Waals surface area contributed by atoms with Gasteiger partial charge in [0.2, 0.25) is 5.91 Å². The molecule has 120 valence electrons. The number of thioether (sulfide) groups is 1. The summed E-state index contributed by atoms with van der Waals surface area (Å²) in [6, 6.07) is 8.55. The summed E-state index contributed by atoms with van der Waals surface area (Å²) in [5, 5.41) is 0. The second-order valence-electron chi connectivity index (χ2n) is 4.35. The van der Waals surface area contributed by atoms with Gasteiger partial charge in [0.25, 0.3) is 5.91 Å². The molecule has 0 atom stereocenters. The molecule has 0 aliphatic carbocycles. The maximum Gasteiger partial charge on any atom is 0.269 e. The molecule has 0 saturated carbocycles. The first-order valence-corrected chi connectivity index (χ1v) is 7.37. The number of carbonyl (C=O) groups excluding carboxylic acids is 2. The maximum atomic E-state index is 13.4. The van der Waals surface area contributed by atoms with Gasteiger partial charge in [-0.15, -0.1) is 11.8 Å². The van der Waals surface area contributed by atoms with Crippen LogP contribution in [0.4, 0.5) is 13.2 Å². The lowest BCUT2D eigenvalue weighted by Gasteiger charge is -2.08. The van der Waals surface area contributed by atoms with Crippen LogP contribution in [-0.2, 0) is 4.79 Å². The maximum absolute atomic E-state index is 13.4. The number of hydrogen-bond donors (Lipinski definition) is 2. The summed E-state index contributed by atoms with van der Waals surface area (Å²) in [6.07, 6.45) is 0. The number of halogens is 3. The van der Waals surface area contributed by atoms with E-state index in [0.29, 0.717) is 11.0 Å². The minimum atomic E-state index is -1.17. The summed E-state index contributed by atoms with van der Waals surface area (Å²) >= 11 is 0.959. The molecule has 8 heteroatoms. The van der Waals surface area contributed by atoms with Gasteiger partial charge in [0.1, 0.15) is 5.82 Å². The van der Waals surface area contributed by atoms with E-state index in [1.807, 2.05) is 0 Å². The molecule has 0 saturated heterocycles. The standard InChI is InChI=1S/C15H11F3N2O2S/c16-10-6-5-9(7-12(10)18)15(22)20-19-14(21)8-23-13-4-2-1-3-11(13)17/h1-7H,8H2,(H,19,21)(H,20,22). The molecule has 23 heavy (non-hydrogen) atoms. The van der Waals surface area contributed by atoms with Gasteiger partial charge in [-0.25, -0.2) is 13.2 Å². The van der Waals surface area contributed by atoms with Crippen LogP contribution < -0.4 is 10.9 Å². The number of carbonyl (C=O) groups is 2. The predicted molar refractivity (Wildman–Crippen MR) is 79.1 cm³/mol. The third-order valence-electron chi connectivity index (χ3n) is 2.69. The average Bonchev–Trinajstić information content (AvgIpc) is 2.54. The highest BCUT2D eigenvalue weighted by Gasteiger charge is 2.11. The van der Waals surface area contributed by atoms with E-state index in [9.17, 15) is 22.8 Å². The topological polar surface area (TPSA) is 58.2 Å². The van der Waals surface area contributed by atoms with Crippen molar-refractivity contribution in [2.24, 2.45) is 0 Å². The Morgan fingerprint density at radius 3 is 2.35 bits per heavy atom. The lowest BCUT2D eigenvalue weighted by atomic mass is 10.2. The molecule has 0 aromatic heterocycles. The van der Waals surface area contributed by atoms with E-state index in [-0.39, 0.29) is 11.3 Å². The van der Waals surface area contributed by atoms with Gasteiger partial charge < -0.3 is 0 Å². The number of amides is 2. The Bertz CT molecular complexity index is 740. The van der Waals surface area contributed by atoms with Crippen LogP contribution in [0, 0.1) is 17.5 Å². The highest BCUT2D eigenvalue weighted by molar-refractivity contribution is 8.00. The van der Waals surface area contributed by atoms with E-state index < -0.39 is 29.3 Å². The molecular formula is C15H11F3N2O2S. The Labute approximate surface area is 134 Å². The van der Waals surface area contributed by atoms with Gasteiger partial charge in [0, 0.05) is 10.5 Å². The molecule has 2 amide bonds. The Morgan fingerprint density at radius 1 is 0.913 bits per heavy atom. The first-order valence-electron chi connectivity index (χ1n) is 6.39. The highest BCUT2D eigenvalue weighted by atomic mass is 32.2. The fraction of sp³-hybridized carbons (Fsp3) is 0.0667. The smallest absolute Gasteiger partial charge is 0.269 e. The van der Waals surface area contributed by atoms with Crippen LogP contribution in [0.15, 0.2) is 47.4 Å². The van der Waals surface area contributed by atoms with Crippen molar-refractivity contribution in [2.45, 2.75) is 4.90 Å². The summed E-state index contributed by atoms with van der Waals surface area (Å²) in [5.74, 6) is -4.19. The first-order chi connectivity index (χ1) is 11.0. The number of rotatable bonds is 4. The lowest BCUT2D eigenvalue weighted by molar-refractivity contribution is -0.119. The predicted octanol–water partition coefficient (Wildman–Crippen LogP) is 2.66. The van der Waals surface area contributed by atoms with Crippen molar-refractivity contribution in [3.63, 3.8) is 0 Å². The zero-order chi connectivity index (χ0) is 16.8. The Balaban J connectivity index is 1.83. The minimum Gasteiger partial charge on any atom is -0.272 e. The van der Waals surface area contributed by atoms with Gasteiger partial charge in [0.15, 0.2) is 11.6 Å². The van der Waals surface area contributed by atoms with Crippen LogP contribution in [0.1, 0.15) is 10.4 Å².